The number of hydrogen-bond acceptors (Lipinski definition) is 6. The lowest BCUT2D eigenvalue weighted by atomic mass is 10.0. The molecule has 0 saturated heterocycles. The molecule has 0 aliphatic carbocycles. The number of benzene rings is 2. The van der Waals surface area contributed by atoms with Gasteiger partial charge in [-0.1, -0.05) is 50.2 Å². The quantitative estimate of drug-likeness (QED) is 0.461. The van der Waals surface area contributed by atoms with Crippen molar-refractivity contribution in [1.82, 2.24) is 30.3 Å². The Morgan fingerprint density at radius 2 is 1.86 bits per heavy atom. The maximum Gasteiger partial charge on any atom is 0.243 e. The van der Waals surface area contributed by atoms with Crippen LogP contribution in [0.5, 0.6) is 5.75 Å². The van der Waals surface area contributed by atoms with E-state index >= 15 is 0 Å². The normalized spacial score (nSPS) is 18.6. The molecule has 1 aliphatic heterocycles. The molecule has 1 aliphatic rings. The summed E-state index contributed by atoms with van der Waals surface area (Å²) in [6.07, 6.45) is 1.04. The molecule has 2 aromatic carbocycles. The number of halogens is 1. The Balaban J connectivity index is 1.63. The number of rotatable bonds is 6. The van der Waals surface area contributed by atoms with E-state index in [-0.39, 0.29) is 42.2 Å². The number of hydrogen-bond donors (Lipinski definition) is 2. The molecule has 0 saturated carbocycles. The zero-order valence-electron chi connectivity index (χ0n) is 24.6. The van der Waals surface area contributed by atoms with Gasteiger partial charge in [-0.3, -0.25) is 14.4 Å². The van der Waals surface area contributed by atoms with Gasteiger partial charge in [0.05, 0.1) is 26.1 Å². The van der Waals surface area contributed by atoms with E-state index in [1.165, 1.54) is 19.2 Å². The van der Waals surface area contributed by atoms with Gasteiger partial charge in [0.2, 0.25) is 17.7 Å². The molecule has 42 heavy (non-hydrogen) atoms. The predicted octanol–water partition coefficient (Wildman–Crippen LogP) is 3.67. The van der Waals surface area contributed by atoms with Crippen molar-refractivity contribution in [3.63, 3.8) is 0 Å². The lowest BCUT2D eigenvalue weighted by Gasteiger charge is -2.26. The Kier molecular flexibility index (Phi) is 10.3. The zero-order chi connectivity index (χ0) is 30.2. The fraction of sp³-hybridized carbons (Fsp3) is 0.452. The van der Waals surface area contributed by atoms with E-state index in [1.54, 1.807) is 15.6 Å². The van der Waals surface area contributed by atoms with E-state index in [9.17, 15) is 18.8 Å². The van der Waals surface area contributed by atoms with Crippen LogP contribution in [0, 0.1) is 11.7 Å². The van der Waals surface area contributed by atoms with E-state index in [0.29, 0.717) is 49.7 Å². The van der Waals surface area contributed by atoms with Crippen LogP contribution in [0.2, 0.25) is 0 Å². The zero-order valence-corrected chi connectivity index (χ0v) is 24.6. The molecule has 0 radical (unpaired) electrons. The topological polar surface area (TPSA) is 118 Å². The van der Waals surface area contributed by atoms with Crippen LogP contribution in [0.15, 0.2) is 48.5 Å². The number of carbonyl (C=O) groups is 3. The lowest BCUT2D eigenvalue weighted by molar-refractivity contribution is -0.131. The average Bonchev–Trinajstić information content (AvgIpc) is 3.39. The maximum atomic E-state index is 14.3. The monoisotopic (exact) mass is 578 g/mol. The van der Waals surface area contributed by atoms with Crippen molar-refractivity contribution in [1.29, 1.82) is 0 Å². The number of aromatic nitrogens is 3. The first-order valence-electron chi connectivity index (χ1n) is 14.3. The van der Waals surface area contributed by atoms with Gasteiger partial charge in [-0.15, -0.1) is 0 Å². The highest BCUT2D eigenvalue weighted by Crippen LogP contribution is 2.21. The highest BCUT2D eigenvalue weighted by Gasteiger charge is 2.27. The Morgan fingerprint density at radius 1 is 1.10 bits per heavy atom. The predicted molar refractivity (Wildman–Crippen MR) is 156 cm³/mol. The third-order valence-electron chi connectivity index (χ3n) is 7.18. The second-order valence-electron chi connectivity index (χ2n) is 11.0. The second-order valence-corrected chi connectivity index (χ2v) is 11.0. The summed E-state index contributed by atoms with van der Waals surface area (Å²) in [5.74, 6) is 0.0814. The first kappa shape index (κ1) is 30.7. The van der Waals surface area contributed by atoms with Gasteiger partial charge >= 0.3 is 0 Å². The highest BCUT2D eigenvalue weighted by atomic mass is 19.1. The van der Waals surface area contributed by atoms with Crippen molar-refractivity contribution in [3.05, 3.63) is 65.7 Å². The molecule has 2 heterocycles. The number of fused-ring (bicyclic) bond motifs is 1. The SMILES string of the molecule is COc1ccc(CC(=O)N2CCCC(=O)N[C@H](CC(C)C)C(=O)N[C@H](C)c3nc(-c4ccccc4)nn3CC2)cc1F. The van der Waals surface area contributed by atoms with Crippen LogP contribution in [-0.4, -0.2) is 63.6 Å². The standard InChI is InChI=1S/C31H39FN6O4/c1-20(2)17-25-31(41)33-21(3)30-35-29(23-9-6-5-7-10-23)36-38(30)16-15-37(14-8-11-27(39)34-25)28(40)19-22-12-13-26(42-4)24(32)18-22/h5-7,9-10,12-13,18,20-21,25H,8,11,14-17,19H2,1-4H3,(H,33,41)(H,34,39)/t21-,25-/m1/s1. The van der Waals surface area contributed by atoms with Gasteiger partial charge in [-0.05, 0) is 43.4 Å². The largest absolute Gasteiger partial charge is 0.494 e. The fourth-order valence-corrected chi connectivity index (χ4v) is 5.01. The summed E-state index contributed by atoms with van der Waals surface area (Å²) >= 11 is 0. The third-order valence-corrected chi connectivity index (χ3v) is 7.18. The third kappa shape index (κ3) is 7.92. The molecule has 11 heteroatoms. The van der Waals surface area contributed by atoms with Crippen molar-refractivity contribution in [3.8, 4) is 17.1 Å². The van der Waals surface area contributed by atoms with E-state index in [2.05, 4.69) is 10.6 Å². The summed E-state index contributed by atoms with van der Waals surface area (Å²) in [5, 5.41) is 10.6. The van der Waals surface area contributed by atoms with Gasteiger partial charge in [0.15, 0.2) is 17.4 Å². The first-order chi connectivity index (χ1) is 20.1. The van der Waals surface area contributed by atoms with Crippen molar-refractivity contribution in [2.45, 2.75) is 65.1 Å². The number of nitrogens with one attached hydrogen (secondary N) is 2. The van der Waals surface area contributed by atoms with Crippen LogP contribution in [0.25, 0.3) is 11.4 Å². The van der Waals surface area contributed by atoms with Crippen LogP contribution in [0.4, 0.5) is 4.39 Å². The van der Waals surface area contributed by atoms with Crippen molar-refractivity contribution in [2.75, 3.05) is 20.2 Å². The van der Waals surface area contributed by atoms with Gasteiger partial charge in [-0.25, -0.2) is 14.1 Å². The number of ether oxygens (including phenoxy) is 1. The summed E-state index contributed by atoms with van der Waals surface area (Å²) in [7, 11) is 1.39. The minimum absolute atomic E-state index is 0.00445. The average molecular weight is 579 g/mol. The molecule has 1 aromatic heterocycles. The summed E-state index contributed by atoms with van der Waals surface area (Å²) in [6.45, 7) is 6.75. The minimum atomic E-state index is -0.699. The molecular weight excluding hydrogens is 539 g/mol. The van der Waals surface area contributed by atoms with Gasteiger partial charge in [-0.2, -0.15) is 5.10 Å². The molecule has 3 aromatic rings. The smallest absolute Gasteiger partial charge is 0.243 e. The molecule has 0 bridgehead atoms. The number of carbonyl (C=O) groups excluding carboxylic acids is 3. The van der Waals surface area contributed by atoms with Gasteiger partial charge < -0.3 is 20.3 Å². The van der Waals surface area contributed by atoms with Gasteiger partial charge in [0.1, 0.15) is 11.9 Å². The van der Waals surface area contributed by atoms with E-state index in [1.807, 2.05) is 51.1 Å². The molecule has 10 nitrogen and oxygen atoms in total. The lowest BCUT2D eigenvalue weighted by Crippen LogP contribution is -2.48. The highest BCUT2D eigenvalue weighted by molar-refractivity contribution is 5.87. The summed E-state index contributed by atoms with van der Waals surface area (Å²) in [5.41, 5.74) is 1.35. The molecule has 0 unspecified atom stereocenters. The Hall–Kier alpha value is -4.28. The van der Waals surface area contributed by atoms with E-state index in [4.69, 9.17) is 14.8 Å². The van der Waals surface area contributed by atoms with Crippen molar-refractivity contribution >= 4 is 17.7 Å². The fourth-order valence-electron chi connectivity index (χ4n) is 5.01. The van der Waals surface area contributed by atoms with Crippen LogP contribution in [-0.2, 0) is 27.3 Å². The van der Waals surface area contributed by atoms with Crippen molar-refractivity contribution in [2.24, 2.45) is 5.92 Å². The Bertz CT molecular complexity index is 1390. The number of nitrogens with zero attached hydrogens (tertiary/aromatic N) is 4. The van der Waals surface area contributed by atoms with Crippen molar-refractivity contribution < 1.29 is 23.5 Å². The minimum Gasteiger partial charge on any atom is -0.494 e. The van der Waals surface area contributed by atoms with Gasteiger partial charge in [0.25, 0.3) is 0 Å². The van der Waals surface area contributed by atoms with Crippen LogP contribution in [0.3, 0.4) is 0 Å². The first-order valence-corrected chi connectivity index (χ1v) is 14.3. The second kappa shape index (κ2) is 14.1. The Labute approximate surface area is 245 Å². The molecule has 0 spiro atoms. The molecule has 4 rings (SSSR count). The molecule has 3 amide bonds. The molecule has 2 N–H and O–H groups in total. The van der Waals surface area contributed by atoms with E-state index in [0.717, 1.165) is 5.56 Å². The summed E-state index contributed by atoms with van der Waals surface area (Å²) in [6, 6.07) is 12.8. The molecular formula is C31H39FN6O4. The summed E-state index contributed by atoms with van der Waals surface area (Å²) < 4.78 is 21.0. The Morgan fingerprint density at radius 3 is 2.55 bits per heavy atom. The summed E-state index contributed by atoms with van der Waals surface area (Å²) in [4.78, 5) is 46.0. The van der Waals surface area contributed by atoms with Crippen LogP contribution >= 0.6 is 0 Å². The molecule has 224 valence electrons. The number of amides is 3. The molecule has 0 fully saturated rings. The molecule has 2 atom stereocenters. The van der Waals surface area contributed by atoms with Crippen LogP contribution in [0.1, 0.15) is 57.5 Å². The van der Waals surface area contributed by atoms with E-state index < -0.39 is 17.9 Å². The van der Waals surface area contributed by atoms with Crippen LogP contribution < -0.4 is 15.4 Å². The number of methoxy groups -OCH3 is 1. The van der Waals surface area contributed by atoms with Gasteiger partial charge in [0, 0.05) is 25.1 Å². The maximum absolute atomic E-state index is 14.3.